The Kier molecular flexibility index (Phi) is 4.23. The van der Waals surface area contributed by atoms with Gasteiger partial charge in [0.2, 0.25) is 0 Å². The Hall–Kier alpha value is -1.26. The molecule has 0 aromatic heterocycles. The molecule has 0 atom stereocenters. The van der Waals surface area contributed by atoms with E-state index in [0.717, 1.165) is 4.90 Å². The zero-order chi connectivity index (χ0) is 10.6. The maximum atomic E-state index is 11.3. The number of carbonyl (C=O) groups excluding carboxylic acids is 1. The van der Waals surface area contributed by atoms with Gasteiger partial charge in [0, 0.05) is 12.1 Å². The molecule has 5 nitrogen and oxygen atoms in total. The molecule has 0 heterocycles. The van der Waals surface area contributed by atoms with Crippen LogP contribution in [-0.4, -0.2) is 34.2 Å². The zero-order valence-corrected chi connectivity index (χ0v) is 8.37. The molecule has 3 amide bonds. The lowest BCUT2D eigenvalue weighted by Gasteiger charge is -2.22. The number of carbonyl (C=O) groups is 2. The number of rotatable bonds is 2. The topological polar surface area (TPSA) is 69.6 Å². The lowest BCUT2D eigenvalue weighted by molar-refractivity contribution is 0.137. The average Bonchev–Trinajstić information content (AvgIpc) is 1.81. The normalized spacial score (nSPS) is 10.3. The van der Waals surface area contributed by atoms with Crippen molar-refractivity contribution in [3.05, 3.63) is 0 Å². The third kappa shape index (κ3) is 3.78. The van der Waals surface area contributed by atoms with Crippen LogP contribution in [0.15, 0.2) is 0 Å². The third-order valence-corrected chi connectivity index (χ3v) is 1.35. The largest absolute Gasteiger partial charge is 0.465 e. The molecule has 0 saturated carbocycles. The Morgan fingerprint density at radius 1 is 1.23 bits per heavy atom. The predicted molar refractivity (Wildman–Crippen MR) is 48.7 cm³/mol. The van der Waals surface area contributed by atoms with Crippen molar-refractivity contribution in [2.45, 2.75) is 39.8 Å². The fourth-order valence-corrected chi connectivity index (χ4v) is 0.859. The fourth-order valence-electron chi connectivity index (χ4n) is 0.859. The number of hydrogen-bond acceptors (Lipinski definition) is 2. The molecule has 0 spiro atoms. The molecular weight excluding hydrogens is 172 g/mol. The first-order chi connectivity index (χ1) is 5.86. The fraction of sp³-hybridized carbons (Fsp3) is 0.750. The van der Waals surface area contributed by atoms with E-state index in [1.54, 1.807) is 27.7 Å². The summed E-state index contributed by atoms with van der Waals surface area (Å²) in [6.07, 6.45) is -1.23. The zero-order valence-electron chi connectivity index (χ0n) is 8.37. The molecule has 0 aliphatic carbocycles. The molecule has 0 rings (SSSR count). The minimum Gasteiger partial charge on any atom is -0.465 e. The van der Waals surface area contributed by atoms with Crippen molar-refractivity contribution in [2.24, 2.45) is 0 Å². The summed E-state index contributed by atoms with van der Waals surface area (Å²) in [6.45, 7) is 6.85. The molecule has 2 N–H and O–H groups in total. The van der Waals surface area contributed by atoms with Crippen molar-refractivity contribution in [3.63, 3.8) is 0 Å². The number of nitrogens with zero attached hydrogens (tertiary/aromatic N) is 1. The van der Waals surface area contributed by atoms with Gasteiger partial charge in [0.05, 0.1) is 0 Å². The molecule has 76 valence electrons. The van der Waals surface area contributed by atoms with Gasteiger partial charge in [-0.25, -0.2) is 14.5 Å². The first-order valence-corrected chi connectivity index (χ1v) is 4.19. The van der Waals surface area contributed by atoms with Crippen molar-refractivity contribution in [1.82, 2.24) is 10.2 Å². The molecule has 0 aliphatic heterocycles. The molecule has 0 aromatic rings. The van der Waals surface area contributed by atoms with Gasteiger partial charge in [-0.2, -0.15) is 0 Å². The van der Waals surface area contributed by atoms with E-state index in [1.165, 1.54) is 0 Å². The van der Waals surface area contributed by atoms with Gasteiger partial charge in [-0.05, 0) is 27.7 Å². The van der Waals surface area contributed by atoms with Gasteiger partial charge in [0.1, 0.15) is 0 Å². The highest BCUT2D eigenvalue weighted by atomic mass is 16.4. The summed E-state index contributed by atoms with van der Waals surface area (Å²) < 4.78 is 0. The van der Waals surface area contributed by atoms with Gasteiger partial charge in [-0.3, -0.25) is 0 Å². The van der Waals surface area contributed by atoms with Crippen LogP contribution in [0.4, 0.5) is 9.59 Å². The van der Waals surface area contributed by atoms with Crippen LogP contribution in [0.25, 0.3) is 0 Å². The minimum absolute atomic E-state index is 0.0619. The van der Waals surface area contributed by atoms with Gasteiger partial charge in [0.15, 0.2) is 0 Å². The predicted octanol–water partition coefficient (Wildman–Crippen LogP) is 1.49. The average molecular weight is 188 g/mol. The van der Waals surface area contributed by atoms with E-state index in [-0.39, 0.29) is 12.1 Å². The summed E-state index contributed by atoms with van der Waals surface area (Å²) in [7, 11) is 0. The van der Waals surface area contributed by atoms with E-state index in [4.69, 9.17) is 5.11 Å². The van der Waals surface area contributed by atoms with Gasteiger partial charge in [-0.15, -0.1) is 0 Å². The Morgan fingerprint density at radius 2 is 1.69 bits per heavy atom. The Morgan fingerprint density at radius 3 is 1.92 bits per heavy atom. The van der Waals surface area contributed by atoms with Crippen LogP contribution in [0, 0.1) is 0 Å². The Labute approximate surface area is 77.7 Å². The van der Waals surface area contributed by atoms with Crippen LogP contribution < -0.4 is 5.32 Å². The van der Waals surface area contributed by atoms with E-state index < -0.39 is 12.1 Å². The molecule has 0 bridgehead atoms. The molecule has 0 aliphatic rings. The second-order valence-electron chi connectivity index (χ2n) is 3.35. The summed E-state index contributed by atoms with van der Waals surface area (Å²) in [4.78, 5) is 22.7. The molecule has 0 fully saturated rings. The van der Waals surface area contributed by atoms with Gasteiger partial charge >= 0.3 is 12.1 Å². The molecule has 0 unspecified atom stereocenters. The van der Waals surface area contributed by atoms with Crippen LogP contribution >= 0.6 is 0 Å². The maximum absolute atomic E-state index is 11.3. The van der Waals surface area contributed by atoms with E-state index in [1.807, 2.05) is 0 Å². The second-order valence-corrected chi connectivity index (χ2v) is 3.35. The monoisotopic (exact) mass is 188 g/mol. The molecule has 13 heavy (non-hydrogen) atoms. The number of imide groups is 1. The highest BCUT2D eigenvalue weighted by Gasteiger charge is 2.23. The summed E-state index contributed by atoms with van der Waals surface area (Å²) in [6, 6.07) is -0.984. The quantitative estimate of drug-likeness (QED) is 0.689. The van der Waals surface area contributed by atoms with Crippen LogP contribution in [0.1, 0.15) is 27.7 Å². The second kappa shape index (κ2) is 4.69. The molecular formula is C8H16N2O3. The maximum Gasteiger partial charge on any atom is 0.415 e. The summed E-state index contributed by atoms with van der Waals surface area (Å²) in [5.41, 5.74) is 0. The number of hydrogen-bond donors (Lipinski definition) is 2. The van der Waals surface area contributed by atoms with Crippen molar-refractivity contribution in [2.75, 3.05) is 0 Å². The molecule has 0 saturated heterocycles. The number of carboxylic acid groups (broad SMARTS) is 1. The van der Waals surface area contributed by atoms with Gasteiger partial charge in [-0.1, -0.05) is 0 Å². The third-order valence-electron chi connectivity index (χ3n) is 1.35. The summed E-state index contributed by atoms with van der Waals surface area (Å²) in [5, 5.41) is 11.2. The van der Waals surface area contributed by atoms with Gasteiger partial charge in [0.25, 0.3) is 0 Å². The minimum atomic E-state index is -1.23. The summed E-state index contributed by atoms with van der Waals surface area (Å²) in [5.74, 6) is 0. The molecule has 0 aromatic carbocycles. The van der Waals surface area contributed by atoms with Crippen molar-refractivity contribution in [1.29, 1.82) is 0 Å². The number of nitrogens with one attached hydrogen (secondary N) is 1. The Bertz CT molecular complexity index is 202. The summed E-state index contributed by atoms with van der Waals surface area (Å²) >= 11 is 0. The van der Waals surface area contributed by atoms with Crippen LogP contribution in [0.2, 0.25) is 0 Å². The van der Waals surface area contributed by atoms with Crippen LogP contribution in [-0.2, 0) is 0 Å². The smallest absolute Gasteiger partial charge is 0.415 e. The highest BCUT2D eigenvalue weighted by molar-refractivity contribution is 5.90. The van der Waals surface area contributed by atoms with E-state index in [2.05, 4.69) is 5.32 Å². The van der Waals surface area contributed by atoms with Crippen LogP contribution in [0.5, 0.6) is 0 Å². The van der Waals surface area contributed by atoms with Gasteiger partial charge < -0.3 is 10.4 Å². The standard InChI is InChI=1S/C8H16N2O3/c1-5(2)9-7(11)10(6(3)4)8(12)13/h5-6H,1-4H3,(H,9,11)(H,12,13). The number of urea groups is 1. The lowest BCUT2D eigenvalue weighted by atomic mass is 10.3. The Balaban J connectivity index is 4.38. The highest BCUT2D eigenvalue weighted by Crippen LogP contribution is 1.99. The van der Waals surface area contributed by atoms with Crippen molar-refractivity contribution >= 4 is 12.1 Å². The number of amides is 3. The van der Waals surface area contributed by atoms with Crippen molar-refractivity contribution < 1.29 is 14.7 Å². The van der Waals surface area contributed by atoms with Crippen LogP contribution in [0.3, 0.4) is 0 Å². The first-order valence-electron chi connectivity index (χ1n) is 4.19. The SMILES string of the molecule is CC(C)NC(=O)N(C(=O)O)C(C)C. The van der Waals surface area contributed by atoms with E-state index in [0.29, 0.717) is 0 Å². The lowest BCUT2D eigenvalue weighted by Crippen LogP contribution is -2.48. The van der Waals surface area contributed by atoms with E-state index >= 15 is 0 Å². The molecule has 0 radical (unpaired) electrons. The van der Waals surface area contributed by atoms with Crippen molar-refractivity contribution in [3.8, 4) is 0 Å². The first kappa shape index (κ1) is 11.7. The molecule has 5 heteroatoms. The van der Waals surface area contributed by atoms with E-state index in [9.17, 15) is 9.59 Å².